The van der Waals surface area contributed by atoms with Gasteiger partial charge in [-0.2, -0.15) is 5.10 Å². The summed E-state index contributed by atoms with van der Waals surface area (Å²) in [5.74, 6) is 0. The van der Waals surface area contributed by atoms with Crippen molar-refractivity contribution >= 4 is 15.5 Å². The number of nitrogens with two attached hydrogens (primary N) is 1. The number of nitrogens with zero attached hydrogens (tertiary/aromatic N) is 2. The average Bonchev–Trinajstić information content (AvgIpc) is 2.56. The minimum Gasteiger partial charge on any atom is -0.396 e. The van der Waals surface area contributed by atoms with E-state index in [2.05, 4.69) is 5.10 Å². The van der Waals surface area contributed by atoms with Gasteiger partial charge in [0.1, 0.15) is 0 Å². The second kappa shape index (κ2) is 4.13. The lowest BCUT2D eigenvalue weighted by Crippen LogP contribution is -2.07. The Morgan fingerprint density at radius 1 is 1.22 bits per heavy atom. The van der Waals surface area contributed by atoms with E-state index in [0.717, 1.165) is 5.69 Å². The highest BCUT2D eigenvalue weighted by atomic mass is 32.2. The summed E-state index contributed by atoms with van der Waals surface area (Å²) in [5, 5.41) is 4.28. The third kappa shape index (κ3) is 1.99. The van der Waals surface area contributed by atoms with Gasteiger partial charge in [-0.05, 0) is 26.0 Å². The molecule has 6 heteroatoms. The lowest BCUT2D eigenvalue weighted by molar-refractivity contribution is 0.600. The largest absolute Gasteiger partial charge is 0.396 e. The molecule has 0 atom stereocenters. The quantitative estimate of drug-likeness (QED) is 0.892. The Labute approximate surface area is 106 Å². The van der Waals surface area contributed by atoms with Gasteiger partial charge in [0.05, 0.1) is 27.7 Å². The number of nitrogen functional groups attached to an aromatic ring is 1. The van der Waals surface area contributed by atoms with Crippen molar-refractivity contribution in [3.05, 3.63) is 35.7 Å². The molecule has 0 unspecified atom stereocenters. The second-order valence-corrected chi connectivity index (χ2v) is 6.22. The molecule has 1 aromatic carbocycles. The van der Waals surface area contributed by atoms with Crippen LogP contribution in [0.5, 0.6) is 0 Å². The number of sulfone groups is 1. The van der Waals surface area contributed by atoms with E-state index in [9.17, 15) is 8.42 Å². The van der Waals surface area contributed by atoms with E-state index in [-0.39, 0.29) is 4.90 Å². The molecule has 2 rings (SSSR count). The van der Waals surface area contributed by atoms with Gasteiger partial charge in [-0.15, -0.1) is 0 Å². The molecule has 5 nitrogen and oxygen atoms in total. The van der Waals surface area contributed by atoms with Crippen LogP contribution in [-0.4, -0.2) is 24.5 Å². The number of benzene rings is 1. The molecule has 0 aliphatic carbocycles. The SMILES string of the molecule is Cc1nn(-c2ccccc2S(C)(=O)=O)c(C)c1N. The summed E-state index contributed by atoms with van der Waals surface area (Å²) in [7, 11) is -3.30. The van der Waals surface area contributed by atoms with E-state index in [4.69, 9.17) is 5.73 Å². The predicted octanol–water partition coefficient (Wildman–Crippen LogP) is 1.47. The van der Waals surface area contributed by atoms with Crippen LogP contribution in [0.15, 0.2) is 29.2 Å². The molecular formula is C12H15N3O2S. The van der Waals surface area contributed by atoms with E-state index in [0.29, 0.717) is 17.1 Å². The number of rotatable bonds is 2. The first-order valence-electron chi connectivity index (χ1n) is 5.43. The highest BCUT2D eigenvalue weighted by Gasteiger charge is 2.17. The van der Waals surface area contributed by atoms with Crippen molar-refractivity contribution in [2.75, 3.05) is 12.0 Å². The van der Waals surface area contributed by atoms with Gasteiger partial charge in [-0.1, -0.05) is 12.1 Å². The molecule has 2 aromatic rings. The van der Waals surface area contributed by atoms with Crippen molar-refractivity contribution in [3.63, 3.8) is 0 Å². The Morgan fingerprint density at radius 3 is 2.33 bits per heavy atom. The van der Waals surface area contributed by atoms with Crippen molar-refractivity contribution < 1.29 is 8.42 Å². The monoisotopic (exact) mass is 265 g/mol. The van der Waals surface area contributed by atoms with Crippen LogP contribution in [0.4, 0.5) is 5.69 Å². The van der Waals surface area contributed by atoms with Gasteiger partial charge in [-0.3, -0.25) is 0 Å². The van der Waals surface area contributed by atoms with Crippen LogP contribution in [0.3, 0.4) is 0 Å². The lowest BCUT2D eigenvalue weighted by atomic mass is 10.3. The molecule has 0 fully saturated rings. The molecule has 0 aliphatic rings. The fourth-order valence-electron chi connectivity index (χ4n) is 1.83. The molecule has 0 aliphatic heterocycles. The molecule has 18 heavy (non-hydrogen) atoms. The van der Waals surface area contributed by atoms with Crippen molar-refractivity contribution in [3.8, 4) is 5.69 Å². The van der Waals surface area contributed by atoms with Crippen molar-refractivity contribution in [2.45, 2.75) is 18.7 Å². The molecule has 0 spiro atoms. The summed E-state index contributed by atoms with van der Waals surface area (Å²) in [4.78, 5) is 0.246. The van der Waals surface area contributed by atoms with E-state index >= 15 is 0 Å². The summed E-state index contributed by atoms with van der Waals surface area (Å²) < 4.78 is 25.1. The number of hydrogen-bond donors (Lipinski definition) is 1. The zero-order valence-electron chi connectivity index (χ0n) is 10.5. The van der Waals surface area contributed by atoms with E-state index < -0.39 is 9.84 Å². The van der Waals surface area contributed by atoms with Crippen molar-refractivity contribution in [1.82, 2.24) is 9.78 Å². The van der Waals surface area contributed by atoms with E-state index in [1.165, 1.54) is 6.26 Å². The maximum Gasteiger partial charge on any atom is 0.177 e. The summed E-state index contributed by atoms with van der Waals surface area (Å²) in [6.07, 6.45) is 1.18. The molecule has 1 heterocycles. The van der Waals surface area contributed by atoms with Gasteiger partial charge in [-0.25, -0.2) is 13.1 Å². The molecule has 0 saturated carbocycles. The second-order valence-electron chi connectivity index (χ2n) is 4.24. The first-order valence-corrected chi connectivity index (χ1v) is 7.32. The third-order valence-corrected chi connectivity index (χ3v) is 3.98. The standard InChI is InChI=1S/C12H15N3O2S/c1-8-12(13)9(2)15(14-8)10-6-4-5-7-11(10)18(3,16)17/h4-7H,13H2,1-3H3. The van der Waals surface area contributed by atoms with Crippen LogP contribution >= 0.6 is 0 Å². The average molecular weight is 265 g/mol. The van der Waals surface area contributed by atoms with Gasteiger partial charge in [0.2, 0.25) is 0 Å². The van der Waals surface area contributed by atoms with Crippen LogP contribution < -0.4 is 5.73 Å². The smallest absolute Gasteiger partial charge is 0.177 e. The van der Waals surface area contributed by atoms with Crippen LogP contribution in [-0.2, 0) is 9.84 Å². The number of hydrogen-bond acceptors (Lipinski definition) is 4. The minimum atomic E-state index is -3.30. The Bertz CT molecular complexity index is 702. The molecule has 0 amide bonds. The maximum atomic E-state index is 11.8. The highest BCUT2D eigenvalue weighted by molar-refractivity contribution is 7.90. The zero-order valence-corrected chi connectivity index (χ0v) is 11.3. The van der Waals surface area contributed by atoms with Crippen LogP contribution in [0.1, 0.15) is 11.4 Å². The molecule has 1 aromatic heterocycles. The molecule has 96 valence electrons. The topological polar surface area (TPSA) is 78.0 Å². The van der Waals surface area contributed by atoms with Gasteiger partial charge in [0.25, 0.3) is 0 Å². The normalized spacial score (nSPS) is 11.7. The number of aryl methyl sites for hydroxylation is 1. The summed E-state index contributed by atoms with van der Waals surface area (Å²) in [6.45, 7) is 3.61. The highest BCUT2D eigenvalue weighted by Crippen LogP contribution is 2.24. The fraction of sp³-hybridized carbons (Fsp3) is 0.250. The predicted molar refractivity (Wildman–Crippen MR) is 70.6 cm³/mol. The molecular weight excluding hydrogens is 250 g/mol. The third-order valence-electron chi connectivity index (χ3n) is 2.84. The number of aromatic nitrogens is 2. The fourth-order valence-corrected chi connectivity index (χ4v) is 2.70. The summed E-state index contributed by atoms with van der Waals surface area (Å²) in [5.41, 5.74) is 8.40. The Kier molecular flexibility index (Phi) is 2.90. The molecule has 0 bridgehead atoms. The van der Waals surface area contributed by atoms with E-state index in [1.54, 1.807) is 35.9 Å². The number of para-hydroxylation sites is 1. The lowest BCUT2D eigenvalue weighted by Gasteiger charge is -2.09. The van der Waals surface area contributed by atoms with Crippen LogP contribution in [0, 0.1) is 13.8 Å². The van der Waals surface area contributed by atoms with Gasteiger partial charge >= 0.3 is 0 Å². The van der Waals surface area contributed by atoms with E-state index in [1.807, 2.05) is 6.92 Å². The number of anilines is 1. The Morgan fingerprint density at radius 2 is 1.83 bits per heavy atom. The van der Waals surface area contributed by atoms with Crippen molar-refractivity contribution in [2.24, 2.45) is 0 Å². The van der Waals surface area contributed by atoms with Gasteiger partial charge in [0.15, 0.2) is 9.84 Å². The Balaban J connectivity index is 2.76. The minimum absolute atomic E-state index is 0.246. The summed E-state index contributed by atoms with van der Waals surface area (Å²) in [6, 6.07) is 6.75. The maximum absolute atomic E-state index is 11.8. The summed E-state index contributed by atoms with van der Waals surface area (Å²) >= 11 is 0. The zero-order chi connectivity index (χ0) is 13.5. The van der Waals surface area contributed by atoms with Gasteiger partial charge in [0, 0.05) is 6.26 Å². The van der Waals surface area contributed by atoms with Crippen LogP contribution in [0.2, 0.25) is 0 Å². The Hall–Kier alpha value is -1.82. The first kappa shape index (κ1) is 12.6. The van der Waals surface area contributed by atoms with Crippen molar-refractivity contribution in [1.29, 1.82) is 0 Å². The molecule has 0 saturated heterocycles. The van der Waals surface area contributed by atoms with Crippen LogP contribution in [0.25, 0.3) is 5.69 Å². The molecule has 2 N–H and O–H groups in total. The first-order chi connectivity index (χ1) is 8.32. The molecule has 0 radical (unpaired) electrons. The van der Waals surface area contributed by atoms with Gasteiger partial charge < -0.3 is 5.73 Å².